The lowest BCUT2D eigenvalue weighted by molar-refractivity contribution is 0.110. The smallest absolute Gasteiger partial charge is 0.193 e. The summed E-state index contributed by atoms with van der Waals surface area (Å²) in [6.07, 6.45) is 0. The van der Waals surface area contributed by atoms with E-state index in [-0.39, 0.29) is 0 Å². The molecule has 0 saturated heterocycles. The maximum atomic E-state index is 6.04. The first-order valence-electron chi connectivity index (χ1n) is 8.94. The van der Waals surface area contributed by atoms with Crippen LogP contribution in [-0.2, 0) is 11.3 Å². The monoisotopic (exact) mass is 355 g/mol. The van der Waals surface area contributed by atoms with E-state index < -0.39 is 0 Å². The van der Waals surface area contributed by atoms with Crippen LogP contribution in [0.15, 0.2) is 41.4 Å². The number of hydrogen-bond acceptors (Lipinski definition) is 3. The van der Waals surface area contributed by atoms with Gasteiger partial charge in [0.25, 0.3) is 0 Å². The largest absolute Gasteiger partial charge is 0.491 e. The minimum atomic E-state index is 0.383. The fourth-order valence-corrected chi connectivity index (χ4v) is 2.46. The van der Waals surface area contributed by atoms with Gasteiger partial charge in [0.2, 0.25) is 0 Å². The highest BCUT2D eigenvalue weighted by Crippen LogP contribution is 2.21. The van der Waals surface area contributed by atoms with Crippen LogP contribution in [0.25, 0.3) is 0 Å². The summed E-state index contributed by atoms with van der Waals surface area (Å²) < 4.78 is 11.2. The minimum Gasteiger partial charge on any atom is -0.491 e. The number of guanidine groups is 1. The van der Waals surface area contributed by atoms with Crippen LogP contribution in [0.5, 0.6) is 5.75 Å². The van der Waals surface area contributed by atoms with Crippen LogP contribution < -0.4 is 15.8 Å². The Morgan fingerprint density at radius 1 is 1.04 bits per heavy atom. The van der Waals surface area contributed by atoms with E-state index in [1.54, 1.807) is 0 Å². The van der Waals surface area contributed by atoms with Gasteiger partial charge >= 0.3 is 0 Å². The molecule has 0 unspecified atom stereocenters. The van der Waals surface area contributed by atoms with Crippen molar-refractivity contribution in [2.24, 2.45) is 10.7 Å². The maximum absolute atomic E-state index is 6.04. The Bertz CT molecular complexity index is 757. The normalized spacial score (nSPS) is 11.5. The number of anilines is 1. The van der Waals surface area contributed by atoms with Gasteiger partial charge in [-0.05, 0) is 62.6 Å². The summed E-state index contributed by atoms with van der Waals surface area (Å²) >= 11 is 0. The Morgan fingerprint density at radius 2 is 1.85 bits per heavy atom. The molecule has 0 radical (unpaired) electrons. The molecule has 2 aromatic carbocycles. The van der Waals surface area contributed by atoms with Gasteiger partial charge in [-0.1, -0.05) is 18.2 Å². The van der Waals surface area contributed by atoms with Crippen molar-refractivity contribution in [3.63, 3.8) is 0 Å². The highest BCUT2D eigenvalue weighted by Gasteiger charge is 2.05. The van der Waals surface area contributed by atoms with Gasteiger partial charge < -0.3 is 20.5 Å². The number of ether oxygens (including phenoxy) is 2. The quantitative estimate of drug-likeness (QED) is 0.427. The Balaban J connectivity index is 2.02. The Kier molecular flexibility index (Phi) is 7.48. The second-order valence-electron chi connectivity index (χ2n) is 6.28. The highest BCUT2D eigenvalue weighted by molar-refractivity contribution is 5.92. The third kappa shape index (κ3) is 6.08. The van der Waals surface area contributed by atoms with E-state index in [2.05, 4.69) is 36.3 Å². The molecule has 0 amide bonds. The molecule has 0 aromatic heterocycles. The summed E-state index contributed by atoms with van der Waals surface area (Å²) in [6.45, 7) is 10.4. The lowest BCUT2D eigenvalue weighted by Gasteiger charge is -2.12. The standard InChI is InChI=1S/C21H29N3O2/c1-5-25-10-11-26-20-12-15(2)6-8-18(20)14-23-21(22)24-19-9-7-16(3)17(4)13-19/h6-9,12-13H,5,10-11,14H2,1-4H3,(H3,22,23,24). The molecule has 2 aromatic rings. The lowest BCUT2D eigenvalue weighted by Crippen LogP contribution is -2.22. The molecule has 0 bridgehead atoms. The number of nitrogens with one attached hydrogen (secondary N) is 1. The lowest BCUT2D eigenvalue weighted by atomic mass is 10.1. The van der Waals surface area contributed by atoms with Crippen LogP contribution >= 0.6 is 0 Å². The van der Waals surface area contributed by atoms with E-state index >= 15 is 0 Å². The molecule has 0 aliphatic heterocycles. The fourth-order valence-electron chi connectivity index (χ4n) is 2.46. The number of aryl methyl sites for hydroxylation is 3. The van der Waals surface area contributed by atoms with E-state index in [4.69, 9.17) is 15.2 Å². The molecule has 0 atom stereocenters. The Hall–Kier alpha value is -2.53. The molecule has 3 N–H and O–H groups in total. The van der Waals surface area contributed by atoms with Crippen molar-refractivity contribution in [2.45, 2.75) is 34.2 Å². The summed E-state index contributed by atoms with van der Waals surface area (Å²) in [4.78, 5) is 4.45. The summed E-state index contributed by atoms with van der Waals surface area (Å²) in [6, 6.07) is 12.2. The van der Waals surface area contributed by atoms with Gasteiger partial charge in [0.1, 0.15) is 12.4 Å². The van der Waals surface area contributed by atoms with Crippen molar-refractivity contribution in [1.29, 1.82) is 0 Å². The molecular formula is C21H29N3O2. The summed E-state index contributed by atoms with van der Waals surface area (Å²) in [5.41, 5.74) is 11.6. The van der Waals surface area contributed by atoms with Gasteiger partial charge in [-0.15, -0.1) is 0 Å². The highest BCUT2D eigenvalue weighted by atomic mass is 16.5. The molecule has 0 spiro atoms. The SMILES string of the molecule is CCOCCOc1cc(C)ccc1CN=C(N)Nc1ccc(C)c(C)c1. The summed E-state index contributed by atoms with van der Waals surface area (Å²) in [7, 11) is 0. The van der Waals surface area contributed by atoms with Crippen molar-refractivity contribution in [2.75, 3.05) is 25.1 Å². The Morgan fingerprint density at radius 3 is 2.58 bits per heavy atom. The molecule has 0 aliphatic rings. The Labute approximate surface area is 156 Å². The molecule has 0 saturated carbocycles. The van der Waals surface area contributed by atoms with Crippen LogP contribution in [0, 0.1) is 20.8 Å². The van der Waals surface area contributed by atoms with Gasteiger partial charge in [0.15, 0.2) is 5.96 Å². The predicted octanol–water partition coefficient (Wildman–Crippen LogP) is 3.95. The molecule has 0 aliphatic carbocycles. The maximum Gasteiger partial charge on any atom is 0.193 e. The van der Waals surface area contributed by atoms with Crippen LogP contribution in [-0.4, -0.2) is 25.8 Å². The first-order valence-corrected chi connectivity index (χ1v) is 8.94. The number of benzene rings is 2. The van der Waals surface area contributed by atoms with Crippen molar-refractivity contribution in [1.82, 2.24) is 0 Å². The van der Waals surface area contributed by atoms with Gasteiger partial charge in [-0.3, -0.25) is 0 Å². The average molecular weight is 355 g/mol. The average Bonchev–Trinajstić information content (AvgIpc) is 2.61. The van der Waals surface area contributed by atoms with Crippen molar-refractivity contribution < 1.29 is 9.47 Å². The topological polar surface area (TPSA) is 68.9 Å². The zero-order valence-electron chi connectivity index (χ0n) is 16.1. The number of nitrogens with two attached hydrogens (primary N) is 1. The number of nitrogens with zero attached hydrogens (tertiary/aromatic N) is 1. The van der Waals surface area contributed by atoms with E-state index in [1.807, 2.05) is 38.1 Å². The van der Waals surface area contributed by atoms with Crippen LogP contribution in [0.3, 0.4) is 0 Å². The second-order valence-corrected chi connectivity index (χ2v) is 6.28. The number of hydrogen-bond donors (Lipinski definition) is 2. The second kappa shape index (κ2) is 9.82. The van der Waals surface area contributed by atoms with E-state index in [0.29, 0.717) is 32.3 Å². The van der Waals surface area contributed by atoms with E-state index in [9.17, 15) is 0 Å². The first-order chi connectivity index (χ1) is 12.5. The number of aliphatic imine (C=N–C) groups is 1. The molecule has 2 rings (SSSR count). The molecule has 0 heterocycles. The fraction of sp³-hybridized carbons (Fsp3) is 0.381. The van der Waals surface area contributed by atoms with Gasteiger partial charge in [-0.25, -0.2) is 4.99 Å². The van der Waals surface area contributed by atoms with Crippen molar-refractivity contribution in [3.05, 3.63) is 58.7 Å². The molecule has 140 valence electrons. The number of rotatable bonds is 8. The van der Waals surface area contributed by atoms with Gasteiger partial charge in [0, 0.05) is 17.9 Å². The molecular weight excluding hydrogens is 326 g/mol. The van der Waals surface area contributed by atoms with Gasteiger partial charge in [-0.2, -0.15) is 0 Å². The summed E-state index contributed by atoms with van der Waals surface area (Å²) in [5.74, 6) is 1.21. The van der Waals surface area contributed by atoms with Crippen molar-refractivity contribution in [3.8, 4) is 5.75 Å². The van der Waals surface area contributed by atoms with E-state index in [1.165, 1.54) is 11.1 Å². The van der Waals surface area contributed by atoms with Crippen molar-refractivity contribution >= 4 is 11.6 Å². The van der Waals surface area contributed by atoms with Crippen LogP contribution in [0.1, 0.15) is 29.2 Å². The van der Waals surface area contributed by atoms with Crippen LogP contribution in [0.2, 0.25) is 0 Å². The van der Waals surface area contributed by atoms with Crippen LogP contribution in [0.4, 0.5) is 5.69 Å². The molecule has 5 nitrogen and oxygen atoms in total. The zero-order valence-corrected chi connectivity index (χ0v) is 16.1. The summed E-state index contributed by atoms with van der Waals surface area (Å²) in [5, 5.41) is 3.14. The third-order valence-corrected chi connectivity index (χ3v) is 4.11. The molecule has 5 heteroatoms. The van der Waals surface area contributed by atoms with Gasteiger partial charge in [0.05, 0.1) is 13.2 Å². The molecule has 26 heavy (non-hydrogen) atoms. The van der Waals surface area contributed by atoms with E-state index in [0.717, 1.165) is 22.6 Å². The first kappa shape index (κ1) is 19.8. The third-order valence-electron chi connectivity index (χ3n) is 4.11. The zero-order chi connectivity index (χ0) is 18.9. The molecule has 0 fully saturated rings. The minimum absolute atomic E-state index is 0.383. The predicted molar refractivity (Wildman–Crippen MR) is 108 cm³/mol.